The smallest absolute Gasteiger partial charge is 0.260 e. The fourth-order valence-corrected chi connectivity index (χ4v) is 3.66. The summed E-state index contributed by atoms with van der Waals surface area (Å²) in [5.74, 6) is -1.91. The predicted octanol–water partition coefficient (Wildman–Crippen LogP) is 3.45. The van der Waals surface area contributed by atoms with Gasteiger partial charge in [-0.3, -0.25) is 4.79 Å². The van der Waals surface area contributed by atoms with Gasteiger partial charge in [-0.1, -0.05) is 0 Å². The molecule has 0 saturated carbocycles. The van der Waals surface area contributed by atoms with Crippen LogP contribution >= 0.6 is 11.3 Å². The van der Waals surface area contributed by atoms with Gasteiger partial charge in [0.05, 0.1) is 11.4 Å². The van der Waals surface area contributed by atoms with Crippen LogP contribution in [-0.2, 0) is 17.8 Å². The standard InChI is InChI=1S/C19H15F2N3O2S/c20-13-1-2-15(21)17(7-13)26-9-18(25)24-5-3-16-14(8-24)19(23-11-22-16)12-4-6-27-10-12/h1-2,4,6-7,10-11H,3,5,8-9H2. The van der Waals surface area contributed by atoms with Gasteiger partial charge in [0.15, 0.2) is 18.2 Å². The van der Waals surface area contributed by atoms with E-state index in [9.17, 15) is 13.6 Å². The van der Waals surface area contributed by atoms with E-state index in [1.54, 1.807) is 22.6 Å². The molecule has 5 nitrogen and oxygen atoms in total. The number of hydrogen-bond donors (Lipinski definition) is 0. The van der Waals surface area contributed by atoms with Crippen molar-refractivity contribution in [3.8, 4) is 17.0 Å². The van der Waals surface area contributed by atoms with Gasteiger partial charge in [-0.2, -0.15) is 11.3 Å². The Hall–Kier alpha value is -2.87. The summed E-state index contributed by atoms with van der Waals surface area (Å²) in [7, 11) is 0. The average Bonchev–Trinajstić information content (AvgIpc) is 3.22. The molecule has 8 heteroatoms. The second-order valence-corrected chi connectivity index (χ2v) is 6.87. The molecule has 0 N–H and O–H groups in total. The molecule has 1 aromatic carbocycles. The Labute approximate surface area is 158 Å². The molecule has 4 rings (SSSR count). The van der Waals surface area contributed by atoms with Crippen LogP contribution in [-0.4, -0.2) is 33.9 Å². The highest BCUT2D eigenvalue weighted by Gasteiger charge is 2.25. The van der Waals surface area contributed by atoms with E-state index in [4.69, 9.17) is 4.74 Å². The summed E-state index contributed by atoms with van der Waals surface area (Å²) in [6.45, 7) is 0.479. The lowest BCUT2D eigenvalue weighted by Gasteiger charge is -2.29. The molecule has 1 aliphatic heterocycles. The highest BCUT2D eigenvalue weighted by atomic mass is 32.1. The topological polar surface area (TPSA) is 55.3 Å². The van der Waals surface area contributed by atoms with Crippen LogP contribution in [0.5, 0.6) is 5.75 Å². The van der Waals surface area contributed by atoms with Crippen LogP contribution in [0.15, 0.2) is 41.4 Å². The number of ether oxygens (including phenoxy) is 1. The number of rotatable bonds is 4. The van der Waals surface area contributed by atoms with E-state index < -0.39 is 11.6 Å². The van der Waals surface area contributed by atoms with Gasteiger partial charge in [0.1, 0.15) is 12.1 Å². The zero-order chi connectivity index (χ0) is 18.8. The lowest BCUT2D eigenvalue weighted by molar-refractivity contribution is -0.134. The second kappa shape index (κ2) is 7.40. The van der Waals surface area contributed by atoms with Crippen LogP contribution in [0.25, 0.3) is 11.3 Å². The predicted molar refractivity (Wildman–Crippen MR) is 96.3 cm³/mol. The largest absolute Gasteiger partial charge is 0.481 e. The Bertz CT molecular complexity index is 979. The minimum atomic E-state index is -0.707. The fourth-order valence-electron chi connectivity index (χ4n) is 3.02. The van der Waals surface area contributed by atoms with Crippen LogP contribution in [0, 0.1) is 11.6 Å². The van der Waals surface area contributed by atoms with Crippen molar-refractivity contribution in [1.29, 1.82) is 0 Å². The molecular formula is C19H15F2N3O2S. The molecule has 138 valence electrons. The fraction of sp³-hybridized carbons (Fsp3) is 0.211. The van der Waals surface area contributed by atoms with Crippen molar-refractivity contribution in [3.05, 3.63) is 64.2 Å². The average molecular weight is 387 g/mol. The Morgan fingerprint density at radius 2 is 2.15 bits per heavy atom. The van der Waals surface area contributed by atoms with E-state index in [1.807, 2.05) is 16.8 Å². The van der Waals surface area contributed by atoms with Crippen LogP contribution in [0.3, 0.4) is 0 Å². The van der Waals surface area contributed by atoms with Crippen LogP contribution in [0.2, 0.25) is 0 Å². The molecule has 0 atom stereocenters. The van der Waals surface area contributed by atoms with Crippen LogP contribution in [0.4, 0.5) is 8.78 Å². The van der Waals surface area contributed by atoms with Crippen molar-refractivity contribution in [2.24, 2.45) is 0 Å². The van der Waals surface area contributed by atoms with Gasteiger partial charge < -0.3 is 9.64 Å². The monoisotopic (exact) mass is 387 g/mol. The second-order valence-electron chi connectivity index (χ2n) is 6.09. The molecule has 1 amide bonds. The molecular weight excluding hydrogens is 372 g/mol. The van der Waals surface area contributed by atoms with Crippen molar-refractivity contribution in [1.82, 2.24) is 14.9 Å². The van der Waals surface area contributed by atoms with Crippen molar-refractivity contribution in [2.75, 3.05) is 13.2 Å². The summed E-state index contributed by atoms with van der Waals surface area (Å²) < 4.78 is 32.0. The normalized spacial score (nSPS) is 13.3. The van der Waals surface area contributed by atoms with Crippen molar-refractivity contribution < 1.29 is 18.3 Å². The highest BCUT2D eigenvalue weighted by molar-refractivity contribution is 7.08. The number of thiophene rings is 1. The van der Waals surface area contributed by atoms with Crippen LogP contribution < -0.4 is 4.74 Å². The maximum Gasteiger partial charge on any atom is 0.260 e. The SMILES string of the molecule is O=C(COc1cc(F)ccc1F)N1CCc2ncnc(-c3ccsc3)c2C1. The van der Waals surface area contributed by atoms with Gasteiger partial charge in [-0.25, -0.2) is 18.7 Å². The van der Waals surface area contributed by atoms with Crippen molar-refractivity contribution >= 4 is 17.2 Å². The number of hydrogen-bond acceptors (Lipinski definition) is 5. The van der Waals surface area contributed by atoms with Gasteiger partial charge in [-0.05, 0) is 23.6 Å². The van der Waals surface area contributed by atoms with Crippen molar-refractivity contribution in [3.63, 3.8) is 0 Å². The first-order valence-corrected chi connectivity index (χ1v) is 9.27. The minimum Gasteiger partial charge on any atom is -0.481 e. The Morgan fingerprint density at radius 1 is 1.26 bits per heavy atom. The van der Waals surface area contributed by atoms with Crippen LogP contribution in [0.1, 0.15) is 11.3 Å². The summed E-state index contributed by atoms with van der Waals surface area (Å²) >= 11 is 1.57. The summed E-state index contributed by atoms with van der Waals surface area (Å²) in [4.78, 5) is 22.9. The molecule has 0 saturated heterocycles. The van der Waals surface area contributed by atoms with Gasteiger partial charge in [0, 0.05) is 42.1 Å². The lowest BCUT2D eigenvalue weighted by Crippen LogP contribution is -2.39. The van der Waals surface area contributed by atoms with E-state index >= 15 is 0 Å². The van der Waals surface area contributed by atoms with E-state index in [0.717, 1.165) is 40.7 Å². The maximum atomic E-state index is 13.6. The molecule has 27 heavy (non-hydrogen) atoms. The van der Waals surface area contributed by atoms with E-state index in [0.29, 0.717) is 19.5 Å². The molecule has 0 spiro atoms. The first-order valence-electron chi connectivity index (χ1n) is 8.33. The number of halogens is 2. The molecule has 0 aliphatic carbocycles. The Balaban J connectivity index is 1.49. The first kappa shape index (κ1) is 17.5. The molecule has 1 aliphatic rings. The number of nitrogens with zero attached hydrogens (tertiary/aromatic N) is 3. The van der Waals surface area contributed by atoms with Gasteiger partial charge in [-0.15, -0.1) is 0 Å². The number of carbonyl (C=O) groups excluding carboxylic acids is 1. The third kappa shape index (κ3) is 3.66. The molecule has 0 bridgehead atoms. The third-order valence-corrected chi connectivity index (χ3v) is 5.08. The third-order valence-electron chi connectivity index (χ3n) is 4.39. The number of carbonyl (C=O) groups is 1. The van der Waals surface area contributed by atoms with Gasteiger partial charge in [0.25, 0.3) is 5.91 Å². The molecule has 0 radical (unpaired) electrons. The molecule has 0 fully saturated rings. The number of fused-ring (bicyclic) bond motifs is 1. The Morgan fingerprint density at radius 3 is 2.96 bits per heavy atom. The van der Waals surface area contributed by atoms with Gasteiger partial charge >= 0.3 is 0 Å². The van der Waals surface area contributed by atoms with Crippen molar-refractivity contribution in [2.45, 2.75) is 13.0 Å². The molecule has 0 unspecified atom stereocenters. The summed E-state index contributed by atoms with van der Waals surface area (Å²) in [6, 6.07) is 4.87. The molecule has 2 aromatic heterocycles. The highest BCUT2D eigenvalue weighted by Crippen LogP contribution is 2.29. The van der Waals surface area contributed by atoms with E-state index in [-0.39, 0.29) is 18.3 Å². The quantitative estimate of drug-likeness (QED) is 0.688. The lowest BCUT2D eigenvalue weighted by atomic mass is 10.0. The zero-order valence-corrected chi connectivity index (χ0v) is 15.0. The van der Waals surface area contributed by atoms with Gasteiger partial charge in [0.2, 0.25) is 0 Å². The van der Waals surface area contributed by atoms with E-state index in [1.165, 1.54) is 0 Å². The first-order chi connectivity index (χ1) is 13.1. The zero-order valence-electron chi connectivity index (χ0n) is 14.2. The molecule has 3 aromatic rings. The summed E-state index contributed by atoms with van der Waals surface area (Å²) in [5.41, 5.74) is 3.64. The number of aromatic nitrogens is 2. The Kier molecular flexibility index (Phi) is 4.81. The minimum absolute atomic E-state index is 0.275. The number of benzene rings is 1. The van der Waals surface area contributed by atoms with E-state index in [2.05, 4.69) is 9.97 Å². The maximum absolute atomic E-state index is 13.6. The summed E-state index contributed by atoms with van der Waals surface area (Å²) in [6.07, 6.45) is 2.15. The molecule has 3 heterocycles. The number of amides is 1. The summed E-state index contributed by atoms with van der Waals surface area (Å²) in [5, 5.41) is 3.97.